The van der Waals surface area contributed by atoms with Gasteiger partial charge >= 0.3 is 0 Å². The molecular formula is C20H26N4O. The van der Waals surface area contributed by atoms with Crippen molar-refractivity contribution in [3.05, 3.63) is 36.0 Å². The van der Waals surface area contributed by atoms with Crippen molar-refractivity contribution in [1.82, 2.24) is 20.7 Å². The number of benzene rings is 1. The number of aromatic nitrogens is 1. The Morgan fingerprint density at radius 3 is 3.04 bits per heavy atom. The predicted molar refractivity (Wildman–Crippen MR) is 98.0 cm³/mol. The van der Waals surface area contributed by atoms with E-state index in [2.05, 4.69) is 51.9 Å². The number of hydrazine groups is 1. The van der Waals surface area contributed by atoms with Crippen LogP contribution in [0.15, 0.2) is 30.5 Å². The molecule has 2 aliphatic heterocycles. The van der Waals surface area contributed by atoms with E-state index < -0.39 is 0 Å². The quantitative estimate of drug-likeness (QED) is 0.788. The van der Waals surface area contributed by atoms with E-state index in [1.165, 1.54) is 29.3 Å². The van der Waals surface area contributed by atoms with Gasteiger partial charge in [0.2, 0.25) is 5.91 Å². The summed E-state index contributed by atoms with van der Waals surface area (Å²) in [6.45, 7) is 3.73. The molecule has 2 aromatic rings. The van der Waals surface area contributed by atoms with Gasteiger partial charge in [-0.25, -0.2) is 0 Å². The van der Waals surface area contributed by atoms with Gasteiger partial charge in [-0.15, -0.1) is 0 Å². The fraction of sp³-hybridized carbons (Fsp3) is 0.550. The molecule has 3 aliphatic rings. The molecule has 5 nitrogen and oxygen atoms in total. The Bertz CT molecular complexity index is 800. The number of piperidine rings is 1. The van der Waals surface area contributed by atoms with Crippen LogP contribution in [0.5, 0.6) is 0 Å². The van der Waals surface area contributed by atoms with E-state index in [-0.39, 0.29) is 5.92 Å². The normalized spacial score (nSPS) is 35.0. The first-order valence-electron chi connectivity index (χ1n) is 9.62. The van der Waals surface area contributed by atoms with Crippen molar-refractivity contribution < 1.29 is 4.79 Å². The zero-order chi connectivity index (χ0) is 17.0. The molecule has 5 atom stereocenters. The second-order valence-electron chi connectivity index (χ2n) is 7.85. The van der Waals surface area contributed by atoms with Crippen LogP contribution in [-0.4, -0.2) is 41.0 Å². The van der Waals surface area contributed by atoms with Crippen LogP contribution in [0.3, 0.4) is 0 Å². The third kappa shape index (κ3) is 2.33. The van der Waals surface area contributed by atoms with Gasteiger partial charge in [0.15, 0.2) is 0 Å². The van der Waals surface area contributed by atoms with Gasteiger partial charge in [-0.1, -0.05) is 6.07 Å². The van der Waals surface area contributed by atoms with Crippen molar-refractivity contribution in [2.45, 2.75) is 44.2 Å². The van der Waals surface area contributed by atoms with Crippen LogP contribution in [0.4, 0.5) is 0 Å². The largest absolute Gasteiger partial charge is 0.361 e. The molecule has 5 heteroatoms. The van der Waals surface area contributed by atoms with Crippen molar-refractivity contribution >= 4 is 16.8 Å². The Morgan fingerprint density at radius 2 is 2.16 bits per heavy atom. The minimum atomic E-state index is 0.119. The van der Waals surface area contributed by atoms with Gasteiger partial charge in [-0.2, -0.15) is 0 Å². The molecule has 0 bridgehead atoms. The Balaban J connectivity index is 1.44. The van der Waals surface area contributed by atoms with Crippen molar-refractivity contribution in [3.63, 3.8) is 0 Å². The van der Waals surface area contributed by atoms with Crippen LogP contribution in [0, 0.1) is 11.8 Å². The summed E-state index contributed by atoms with van der Waals surface area (Å²) in [5.41, 5.74) is 9.26. The first-order chi connectivity index (χ1) is 12.3. The van der Waals surface area contributed by atoms with E-state index in [1.54, 1.807) is 0 Å². The number of amides is 1. The molecule has 1 aromatic heterocycles. The summed E-state index contributed by atoms with van der Waals surface area (Å²) in [5, 5.41) is 1.29. The minimum absolute atomic E-state index is 0.119. The molecule has 132 valence electrons. The maximum Gasteiger partial charge on any atom is 0.228 e. The highest BCUT2D eigenvalue weighted by Gasteiger charge is 2.51. The fourth-order valence-electron chi connectivity index (χ4n) is 5.50. The van der Waals surface area contributed by atoms with E-state index in [1.807, 2.05) is 6.20 Å². The Hall–Kier alpha value is -1.85. The molecule has 1 aromatic carbocycles. The maximum absolute atomic E-state index is 12.9. The zero-order valence-electron chi connectivity index (χ0n) is 14.7. The van der Waals surface area contributed by atoms with Crippen LogP contribution >= 0.6 is 0 Å². The summed E-state index contributed by atoms with van der Waals surface area (Å²) >= 11 is 0. The molecular weight excluding hydrogens is 312 g/mol. The van der Waals surface area contributed by atoms with Crippen LogP contribution < -0.4 is 10.9 Å². The fourth-order valence-corrected chi connectivity index (χ4v) is 5.50. The molecule has 0 spiro atoms. The molecule has 3 N–H and O–H groups in total. The predicted octanol–water partition coefficient (Wildman–Crippen LogP) is 2.37. The molecule has 3 fully saturated rings. The highest BCUT2D eigenvalue weighted by molar-refractivity contribution is 5.82. The van der Waals surface area contributed by atoms with E-state index in [0.29, 0.717) is 29.8 Å². The van der Waals surface area contributed by atoms with Crippen LogP contribution in [0.1, 0.15) is 37.7 Å². The van der Waals surface area contributed by atoms with Gasteiger partial charge < -0.3 is 9.88 Å². The summed E-state index contributed by atoms with van der Waals surface area (Å²) in [5.74, 6) is 1.58. The molecule has 1 saturated carbocycles. The second kappa shape index (κ2) is 5.85. The third-order valence-corrected chi connectivity index (χ3v) is 6.74. The first-order valence-corrected chi connectivity index (χ1v) is 9.62. The lowest BCUT2D eigenvalue weighted by Gasteiger charge is -2.50. The summed E-state index contributed by atoms with van der Waals surface area (Å²) in [7, 11) is 0. The molecule has 5 rings (SSSR count). The van der Waals surface area contributed by atoms with Gasteiger partial charge in [0.25, 0.3) is 0 Å². The van der Waals surface area contributed by atoms with Crippen LogP contribution in [0.25, 0.3) is 10.9 Å². The first kappa shape index (κ1) is 15.4. The number of nitrogens with one attached hydrogen (secondary N) is 3. The number of aromatic amines is 1. The lowest BCUT2D eigenvalue weighted by molar-refractivity contribution is -0.146. The van der Waals surface area contributed by atoms with Crippen molar-refractivity contribution in [2.75, 3.05) is 13.1 Å². The van der Waals surface area contributed by atoms with E-state index in [0.717, 1.165) is 19.5 Å². The zero-order valence-corrected chi connectivity index (χ0v) is 14.7. The standard InChI is InChI=1S/C20H26N4O/c1-2-24-18-10-13(12-4-6-17-14(9-12)7-8-21-17)3-5-15(18)19-16(20(24)25)11-22-23-19/h4,6-9,13,15-16,18-19,21-23H,2-3,5,10-11H2,1H3. The number of carbonyl (C=O) groups excluding carboxylic acids is 1. The summed E-state index contributed by atoms with van der Waals surface area (Å²) < 4.78 is 0. The highest BCUT2D eigenvalue weighted by Crippen LogP contribution is 2.44. The smallest absolute Gasteiger partial charge is 0.228 e. The number of rotatable bonds is 2. The molecule has 1 aliphatic carbocycles. The number of likely N-dealkylation sites (tertiary alicyclic amines) is 1. The number of hydrogen-bond donors (Lipinski definition) is 3. The van der Waals surface area contributed by atoms with Crippen molar-refractivity contribution in [2.24, 2.45) is 11.8 Å². The number of fused-ring (bicyclic) bond motifs is 4. The van der Waals surface area contributed by atoms with Gasteiger partial charge in [0, 0.05) is 36.9 Å². The Kier molecular flexibility index (Phi) is 3.61. The maximum atomic E-state index is 12.9. The monoisotopic (exact) mass is 338 g/mol. The van der Waals surface area contributed by atoms with Crippen LogP contribution in [0.2, 0.25) is 0 Å². The number of hydrogen-bond acceptors (Lipinski definition) is 3. The SMILES string of the molecule is CCN1C(=O)C2CNNC2C2CCC(c3ccc4[nH]ccc4c3)CC21. The summed E-state index contributed by atoms with van der Waals surface area (Å²) in [6.07, 6.45) is 5.50. The molecule has 0 radical (unpaired) electrons. The average Bonchev–Trinajstić information content (AvgIpc) is 3.30. The number of nitrogens with zero attached hydrogens (tertiary/aromatic N) is 1. The van der Waals surface area contributed by atoms with Gasteiger partial charge in [-0.3, -0.25) is 15.6 Å². The van der Waals surface area contributed by atoms with Gasteiger partial charge in [0.05, 0.1) is 5.92 Å². The molecule has 5 unspecified atom stereocenters. The lowest BCUT2D eigenvalue weighted by Crippen LogP contribution is -2.61. The third-order valence-electron chi connectivity index (χ3n) is 6.74. The molecule has 1 amide bonds. The molecule has 2 saturated heterocycles. The van der Waals surface area contributed by atoms with Crippen molar-refractivity contribution in [1.29, 1.82) is 0 Å². The highest BCUT2D eigenvalue weighted by atomic mass is 16.2. The number of H-pyrrole nitrogens is 1. The lowest BCUT2D eigenvalue weighted by atomic mass is 9.67. The Labute approximate surface area is 148 Å². The average molecular weight is 338 g/mol. The number of carbonyl (C=O) groups is 1. The summed E-state index contributed by atoms with van der Waals surface area (Å²) in [4.78, 5) is 18.4. The topological polar surface area (TPSA) is 60.2 Å². The van der Waals surface area contributed by atoms with Gasteiger partial charge in [-0.05, 0) is 67.2 Å². The second-order valence-corrected chi connectivity index (χ2v) is 7.85. The van der Waals surface area contributed by atoms with Gasteiger partial charge in [0.1, 0.15) is 0 Å². The molecule has 25 heavy (non-hydrogen) atoms. The van der Waals surface area contributed by atoms with E-state index in [9.17, 15) is 4.79 Å². The summed E-state index contributed by atoms with van der Waals surface area (Å²) in [6, 6.07) is 9.61. The molecule has 3 heterocycles. The van der Waals surface area contributed by atoms with E-state index >= 15 is 0 Å². The van der Waals surface area contributed by atoms with E-state index in [4.69, 9.17) is 0 Å². The van der Waals surface area contributed by atoms with Crippen LogP contribution in [-0.2, 0) is 4.79 Å². The Morgan fingerprint density at radius 1 is 1.24 bits per heavy atom. The van der Waals surface area contributed by atoms with Crippen molar-refractivity contribution in [3.8, 4) is 0 Å². The minimum Gasteiger partial charge on any atom is -0.361 e.